The molecule has 1 N–H and O–H groups in total. The van der Waals surface area contributed by atoms with Crippen LogP contribution in [0.4, 0.5) is 8.78 Å². The Morgan fingerprint density at radius 3 is 2.31 bits per heavy atom. The van der Waals surface area contributed by atoms with Crippen molar-refractivity contribution in [1.29, 1.82) is 0 Å². The highest BCUT2D eigenvalue weighted by Crippen LogP contribution is 2.31. The maximum Gasteiger partial charge on any atom is 0.299 e. The highest BCUT2D eigenvalue weighted by molar-refractivity contribution is 6.18. The minimum Gasteiger partial charge on any atom is -0.385 e. The zero-order chi connectivity index (χ0) is 9.90. The number of halogens is 3. The molecule has 0 radical (unpaired) electrons. The molecule has 0 saturated heterocycles. The van der Waals surface area contributed by atoms with Crippen molar-refractivity contribution in [1.82, 2.24) is 0 Å². The van der Waals surface area contributed by atoms with Crippen LogP contribution >= 0.6 is 11.6 Å². The Morgan fingerprint density at radius 2 is 1.85 bits per heavy atom. The predicted octanol–water partition coefficient (Wildman–Crippen LogP) is 2.38. The number of hydrogen-bond acceptors (Lipinski definition) is 1. The molecule has 0 amide bonds. The summed E-state index contributed by atoms with van der Waals surface area (Å²) in [5.74, 6) is -3.76. The van der Waals surface area contributed by atoms with Crippen LogP contribution in [0.1, 0.15) is 5.56 Å². The Hall–Kier alpha value is -0.670. The Kier molecular flexibility index (Phi) is 3.22. The minimum absolute atomic E-state index is 0.219. The summed E-state index contributed by atoms with van der Waals surface area (Å²) in [7, 11) is 0. The Labute approximate surface area is 80.0 Å². The van der Waals surface area contributed by atoms with Gasteiger partial charge in [0.1, 0.15) is 6.10 Å². The first kappa shape index (κ1) is 10.4. The molecule has 1 aromatic rings. The monoisotopic (exact) mass is 206 g/mol. The van der Waals surface area contributed by atoms with Gasteiger partial charge in [-0.2, -0.15) is 8.78 Å². The normalized spacial score (nSPS) is 14.2. The predicted molar refractivity (Wildman–Crippen MR) is 47.1 cm³/mol. The Bertz CT molecular complexity index is 264. The Balaban J connectivity index is 2.93. The molecule has 13 heavy (non-hydrogen) atoms. The second kappa shape index (κ2) is 4.03. The van der Waals surface area contributed by atoms with E-state index in [4.69, 9.17) is 16.7 Å². The van der Waals surface area contributed by atoms with Crippen molar-refractivity contribution < 1.29 is 13.9 Å². The molecule has 4 heteroatoms. The van der Waals surface area contributed by atoms with Crippen molar-refractivity contribution in [3.05, 3.63) is 35.9 Å². The second-order valence-electron chi connectivity index (χ2n) is 2.66. The van der Waals surface area contributed by atoms with Gasteiger partial charge >= 0.3 is 0 Å². The van der Waals surface area contributed by atoms with Crippen molar-refractivity contribution in [2.45, 2.75) is 12.0 Å². The molecule has 1 rings (SSSR count). The van der Waals surface area contributed by atoms with E-state index in [1.54, 1.807) is 6.07 Å². The zero-order valence-electron chi connectivity index (χ0n) is 6.75. The zero-order valence-corrected chi connectivity index (χ0v) is 7.51. The number of rotatable bonds is 3. The van der Waals surface area contributed by atoms with E-state index in [1.807, 2.05) is 0 Å². The second-order valence-corrected chi connectivity index (χ2v) is 2.97. The van der Waals surface area contributed by atoms with Crippen LogP contribution in [0.3, 0.4) is 0 Å². The van der Waals surface area contributed by atoms with Crippen LogP contribution in [0, 0.1) is 0 Å². The molecular formula is C9H9ClF2O. The average Bonchev–Trinajstić information content (AvgIpc) is 2.18. The number of benzene rings is 1. The highest BCUT2D eigenvalue weighted by Gasteiger charge is 2.39. The third-order valence-electron chi connectivity index (χ3n) is 1.72. The minimum atomic E-state index is -3.27. The number of aliphatic hydroxyl groups is 1. The van der Waals surface area contributed by atoms with Gasteiger partial charge in [0.15, 0.2) is 0 Å². The van der Waals surface area contributed by atoms with Crippen LogP contribution in [0.5, 0.6) is 0 Å². The van der Waals surface area contributed by atoms with Crippen LogP contribution in [0.25, 0.3) is 0 Å². The van der Waals surface area contributed by atoms with Gasteiger partial charge < -0.3 is 5.11 Å². The van der Waals surface area contributed by atoms with Gasteiger partial charge in [-0.25, -0.2) is 0 Å². The van der Waals surface area contributed by atoms with Gasteiger partial charge in [0.05, 0.1) is 5.88 Å². The molecule has 0 fully saturated rings. The van der Waals surface area contributed by atoms with Crippen LogP contribution in [0.2, 0.25) is 0 Å². The maximum absolute atomic E-state index is 13.2. The molecular weight excluding hydrogens is 198 g/mol. The molecule has 72 valence electrons. The molecule has 0 saturated carbocycles. The first-order valence-corrected chi connectivity index (χ1v) is 4.30. The SMILES string of the molecule is OC(CCl)C(F)(F)c1ccccc1. The van der Waals surface area contributed by atoms with Crippen molar-refractivity contribution in [3.63, 3.8) is 0 Å². The summed E-state index contributed by atoms with van der Waals surface area (Å²) in [4.78, 5) is 0. The summed E-state index contributed by atoms with van der Waals surface area (Å²) in [6, 6.07) is 7.13. The maximum atomic E-state index is 13.2. The van der Waals surface area contributed by atoms with Gasteiger partial charge in [0, 0.05) is 5.56 Å². The van der Waals surface area contributed by atoms with Crippen LogP contribution < -0.4 is 0 Å². The molecule has 1 aromatic carbocycles. The highest BCUT2D eigenvalue weighted by atomic mass is 35.5. The molecule has 1 nitrogen and oxygen atoms in total. The van der Waals surface area contributed by atoms with Crippen molar-refractivity contribution >= 4 is 11.6 Å². The molecule has 0 aliphatic rings. The van der Waals surface area contributed by atoms with E-state index in [1.165, 1.54) is 24.3 Å². The fourth-order valence-electron chi connectivity index (χ4n) is 0.950. The fraction of sp³-hybridized carbons (Fsp3) is 0.333. The molecule has 1 unspecified atom stereocenters. The van der Waals surface area contributed by atoms with E-state index in [0.29, 0.717) is 0 Å². The molecule has 0 aliphatic carbocycles. The lowest BCUT2D eigenvalue weighted by Gasteiger charge is -2.20. The largest absolute Gasteiger partial charge is 0.385 e. The smallest absolute Gasteiger partial charge is 0.299 e. The Morgan fingerprint density at radius 1 is 1.31 bits per heavy atom. The number of aliphatic hydroxyl groups excluding tert-OH is 1. The third-order valence-corrected chi connectivity index (χ3v) is 2.02. The van der Waals surface area contributed by atoms with Gasteiger partial charge in [0.25, 0.3) is 5.92 Å². The summed E-state index contributed by atoms with van der Waals surface area (Å²) in [6.07, 6.45) is -1.84. The van der Waals surface area contributed by atoms with E-state index in [0.717, 1.165) is 0 Å². The molecule has 0 spiro atoms. The van der Waals surface area contributed by atoms with E-state index < -0.39 is 17.9 Å². The lowest BCUT2D eigenvalue weighted by molar-refractivity contribution is -0.104. The summed E-state index contributed by atoms with van der Waals surface area (Å²) >= 11 is 5.16. The molecule has 0 aliphatic heterocycles. The van der Waals surface area contributed by atoms with E-state index >= 15 is 0 Å². The lowest BCUT2D eigenvalue weighted by atomic mass is 10.0. The van der Waals surface area contributed by atoms with Gasteiger partial charge in [0.2, 0.25) is 0 Å². The van der Waals surface area contributed by atoms with Gasteiger partial charge in [-0.05, 0) is 0 Å². The van der Waals surface area contributed by atoms with E-state index in [-0.39, 0.29) is 5.56 Å². The topological polar surface area (TPSA) is 20.2 Å². The fourth-order valence-corrected chi connectivity index (χ4v) is 1.14. The van der Waals surface area contributed by atoms with Gasteiger partial charge in [-0.1, -0.05) is 30.3 Å². The number of alkyl halides is 3. The van der Waals surface area contributed by atoms with Crippen molar-refractivity contribution in [2.24, 2.45) is 0 Å². The molecule has 0 bridgehead atoms. The van der Waals surface area contributed by atoms with Crippen LogP contribution in [-0.4, -0.2) is 17.1 Å². The first-order chi connectivity index (χ1) is 6.09. The lowest BCUT2D eigenvalue weighted by Crippen LogP contribution is -2.32. The summed E-state index contributed by atoms with van der Waals surface area (Å²) in [5.41, 5.74) is -0.219. The van der Waals surface area contributed by atoms with Crippen molar-refractivity contribution in [2.75, 3.05) is 5.88 Å². The molecule has 0 heterocycles. The summed E-state index contributed by atoms with van der Waals surface area (Å²) in [5, 5.41) is 8.96. The quantitative estimate of drug-likeness (QED) is 0.753. The van der Waals surface area contributed by atoms with Crippen LogP contribution in [0.15, 0.2) is 30.3 Å². The summed E-state index contributed by atoms with van der Waals surface area (Å²) < 4.78 is 26.4. The van der Waals surface area contributed by atoms with E-state index in [2.05, 4.69) is 0 Å². The van der Waals surface area contributed by atoms with Gasteiger partial charge in [-0.3, -0.25) is 0 Å². The summed E-state index contributed by atoms with van der Waals surface area (Å²) in [6.45, 7) is 0. The van der Waals surface area contributed by atoms with E-state index in [9.17, 15) is 8.78 Å². The third kappa shape index (κ3) is 2.17. The first-order valence-electron chi connectivity index (χ1n) is 3.76. The van der Waals surface area contributed by atoms with Crippen molar-refractivity contribution in [3.8, 4) is 0 Å². The van der Waals surface area contributed by atoms with Gasteiger partial charge in [-0.15, -0.1) is 11.6 Å². The average molecular weight is 207 g/mol. The number of hydrogen-bond donors (Lipinski definition) is 1. The molecule has 0 aromatic heterocycles. The standard InChI is InChI=1S/C9H9ClF2O/c10-6-8(13)9(11,12)7-4-2-1-3-5-7/h1-5,8,13H,6H2. The van der Waals surface area contributed by atoms with Crippen LogP contribution in [-0.2, 0) is 5.92 Å². The molecule has 1 atom stereocenters.